The monoisotopic (exact) mass is 414 g/mol. The summed E-state index contributed by atoms with van der Waals surface area (Å²) in [7, 11) is 0. The van der Waals surface area contributed by atoms with E-state index in [9.17, 15) is 4.79 Å². The number of aromatic nitrogens is 1. The van der Waals surface area contributed by atoms with E-state index in [1.165, 1.54) is 0 Å². The Hall–Kier alpha value is -2.98. The van der Waals surface area contributed by atoms with E-state index in [4.69, 9.17) is 4.98 Å². The third-order valence-electron chi connectivity index (χ3n) is 5.50. The summed E-state index contributed by atoms with van der Waals surface area (Å²) in [5.74, 6) is -0.0826. The van der Waals surface area contributed by atoms with Crippen LogP contribution in [-0.4, -0.2) is 10.9 Å². The van der Waals surface area contributed by atoms with Gasteiger partial charge in [-0.1, -0.05) is 49.7 Å². The number of carbonyl (C=O) groups excluding carboxylic acids is 1. The number of anilines is 1. The number of nitrogens with zero attached hydrogens (tertiary/aromatic N) is 1. The molecule has 0 saturated carbocycles. The van der Waals surface area contributed by atoms with E-state index in [0.29, 0.717) is 5.56 Å². The summed E-state index contributed by atoms with van der Waals surface area (Å²) in [5.41, 5.74) is 7.87. The molecule has 0 aliphatic carbocycles. The smallest absolute Gasteiger partial charge is 0.256 e. The minimum absolute atomic E-state index is 0.0826. The Morgan fingerprint density at radius 3 is 2.37 bits per heavy atom. The van der Waals surface area contributed by atoms with Crippen molar-refractivity contribution in [2.24, 2.45) is 0 Å². The Morgan fingerprint density at radius 1 is 1.00 bits per heavy atom. The number of amides is 1. The molecular weight excluding hydrogens is 388 g/mol. The van der Waals surface area contributed by atoms with E-state index in [1.54, 1.807) is 11.3 Å². The van der Waals surface area contributed by atoms with Gasteiger partial charge in [-0.3, -0.25) is 4.79 Å². The first kappa shape index (κ1) is 20.3. The Balaban J connectivity index is 1.89. The van der Waals surface area contributed by atoms with Gasteiger partial charge in [-0.05, 0) is 67.0 Å². The Bertz CT molecular complexity index is 1200. The molecule has 2 aromatic heterocycles. The fraction of sp³-hybridized carbons (Fsp3) is 0.231. The first-order chi connectivity index (χ1) is 14.5. The van der Waals surface area contributed by atoms with Crippen molar-refractivity contribution < 1.29 is 4.79 Å². The zero-order chi connectivity index (χ0) is 21.3. The third kappa shape index (κ3) is 3.75. The van der Waals surface area contributed by atoms with Gasteiger partial charge in [-0.25, -0.2) is 4.98 Å². The van der Waals surface area contributed by atoms with Crippen LogP contribution in [0.2, 0.25) is 0 Å². The molecule has 0 bridgehead atoms. The highest BCUT2D eigenvalue weighted by Gasteiger charge is 2.18. The van der Waals surface area contributed by atoms with Crippen molar-refractivity contribution in [1.29, 1.82) is 0 Å². The minimum atomic E-state index is -0.0826. The number of fused-ring (bicyclic) bond motifs is 1. The fourth-order valence-corrected chi connectivity index (χ4v) is 4.69. The molecule has 4 aromatic rings. The Kier molecular flexibility index (Phi) is 5.69. The van der Waals surface area contributed by atoms with Crippen LogP contribution in [0.5, 0.6) is 0 Å². The van der Waals surface area contributed by atoms with Crippen molar-refractivity contribution in [3.63, 3.8) is 0 Å². The number of benzene rings is 2. The zero-order valence-corrected chi connectivity index (χ0v) is 18.7. The number of thiophene rings is 1. The fourth-order valence-electron chi connectivity index (χ4n) is 4.00. The molecule has 4 heteroatoms. The summed E-state index contributed by atoms with van der Waals surface area (Å²) < 4.78 is 0. The molecule has 0 atom stereocenters. The van der Waals surface area contributed by atoms with Gasteiger partial charge < -0.3 is 5.32 Å². The van der Waals surface area contributed by atoms with Gasteiger partial charge in [0, 0.05) is 11.1 Å². The Labute approximate surface area is 181 Å². The van der Waals surface area contributed by atoms with Crippen LogP contribution in [0.3, 0.4) is 0 Å². The van der Waals surface area contributed by atoms with Crippen molar-refractivity contribution in [3.05, 3.63) is 81.7 Å². The van der Waals surface area contributed by atoms with Crippen molar-refractivity contribution in [2.45, 2.75) is 40.5 Å². The van der Waals surface area contributed by atoms with Crippen LogP contribution in [-0.2, 0) is 12.8 Å². The highest BCUT2D eigenvalue weighted by Crippen LogP contribution is 2.31. The zero-order valence-electron chi connectivity index (χ0n) is 17.9. The van der Waals surface area contributed by atoms with Crippen LogP contribution in [0.4, 0.5) is 5.69 Å². The number of hydrogen-bond donors (Lipinski definition) is 1. The molecule has 1 N–H and O–H groups in total. The second-order valence-corrected chi connectivity index (χ2v) is 8.57. The third-order valence-corrected chi connectivity index (χ3v) is 6.40. The number of para-hydroxylation sites is 1. The number of carbonyl (C=O) groups is 1. The summed E-state index contributed by atoms with van der Waals surface area (Å²) in [6, 6.07) is 16.4. The van der Waals surface area contributed by atoms with Gasteiger partial charge in [-0.15, -0.1) is 11.3 Å². The lowest BCUT2D eigenvalue weighted by Crippen LogP contribution is -2.16. The topological polar surface area (TPSA) is 42.0 Å². The van der Waals surface area contributed by atoms with Crippen molar-refractivity contribution >= 4 is 33.8 Å². The predicted molar refractivity (Wildman–Crippen MR) is 128 cm³/mol. The summed E-state index contributed by atoms with van der Waals surface area (Å²) in [6.45, 7) is 8.36. The lowest BCUT2D eigenvalue weighted by molar-refractivity contribution is 0.102. The number of hydrogen-bond acceptors (Lipinski definition) is 3. The molecule has 0 spiro atoms. The van der Waals surface area contributed by atoms with Gasteiger partial charge in [0.25, 0.3) is 5.91 Å². The molecule has 0 unspecified atom stereocenters. The van der Waals surface area contributed by atoms with Crippen molar-refractivity contribution in [1.82, 2.24) is 4.98 Å². The predicted octanol–water partition coefficient (Wildman–Crippen LogP) is 6.96. The standard InChI is InChI=1S/C26H26N2OS/c1-5-18-9-7-10-19(6-2)25(18)28-26(29)21-15-22(23-11-8-12-30-23)27-24-17(4)13-16(3)14-20(21)24/h7-15H,5-6H2,1-4H3,(H,28,29). The van der Waals surface area contributed by atoms with Gasteiger partial charge in [0.1, 0.15) is 0 Å². The molecular formula is C26H26N2OS. The molecule has 0 fully saturated rings. The highest BCUT2D eigenvalue weighted by atomic mass is 32.1. The Morgan fingerprint density at radius 2 is 1.73 bits per heavy atom. The summed E-state index contributed by atoms with van der Waals surface area (Å²) >= 11 is 1.64. The lowest BCUT2D eigenvalue weighted by Gasteiger charge is -2.16. The highest BCUT2D eigenvalue weighted by molar-refractivity contribution is 7.13. The maximum absolute atomic E-state index is 13.6. The molecule has 0 aliphatic heterocycles. The van der Waals surface area contributed by atoms with Gasteiger partial charge in [-0.2, -0.15) is 0 Å². The number of aryl methyl sites for hydroxylation is 4. The molecule has 152 valence electrons. The van der Waals surface area contributed by atoms with Crippen molar-refractivity contribution in [2.75, 3.05) is 5.32 Å². The average Bonchev–Trinajstić information content (AvgIpc) is 3.28. The largest absolute Gasteiger partial charge is 0.321 e. The first-order valence-corrected chi connectivity index (χ1v) is 11.3. The van der Waals surface area contributed by atoms with Crippen LogP contribution in [0.25, 0.3) is 21.5 Å². The first-order valence-electron chi connectivity index (χ1n) is 10.4. The van der Waals surface area contributed by atoms with Crippen LogP contribution in [0, 0.1) is 13.8 Å². The van der Waals surface area contributed by atoms with Crippen LogP contribution in [0.1, 0.15) is 46.5 Å². The van der Waals surface area contributed by atoms with E-state index in [-0.39, 0.29) is 5.91 Å². The molecule has 2 aromatic carbocycles. The molecule has 3 nitrogen and oxygen atoms in total. The second-order valence-electron chi connectivity index (χ2n) is 7.62. The van der Waals surface area contributed by atoms with Crippen LogP contribution >= 0.6 is 11.3 Å². The molecule has 0 radical (unpaired) electrons. The van der Waals surface area contributed by atoms with Gasteiger partial charge >= 0.3 is 0 Å². The van der Waals surface area contributed by atoms with E-state index in [0.717, 1.165) is 62.3 Å². The molecule has 30 heavy (non-hydrogen) atoms. The van der Waals surface area contributed by atoms with Gasteiger partial charge in [0.05, 0.1) is 21.7 Å². The van der Waals surface area contributed by atoms with E-state index < -0.39 is 0 Å². The quantitative estimate of drug-likeness (QED) is 0.384. The number of nitrogens with one attached hydrogen (secondary N) is 1. The molecule has 0 aliphatic rings. The summed E-state index contributed by atoms with van der Waals surface area (Å²) in [4.78, 5) is 19.5. The number of pyridine rings is 1. The maximum Gasteiger partial charge on any atom is 0.256 e. The van der Waals surface area contributed by atoms with Crippen molar-refractivity contribution in [3.8, 4) is 10.6 Å². The van der Waals surface area contributed by atoms with Crippen LogP contribution < -0.4 is 5.32 Å². The molecule has 0 saturated heterocycles. The molecule has 1 amide bonds. The average molecular weight is 415 g/mol. The summed E-state index contributed by atoms with van der Waals surface area (Å²) in [6.07, 6.45) is 1.75. The lowest BCUT2D eigenvalue weighted by atomic mass is 9.99. The summed E-state index contributed by atoms with van der Waals surface area (Å²) in [5, 5.41) is 6.17. The van der Waals surface area contributed by atoms with E-state index >= 15 is 0 Å². The minimum Gasteiger partial charge on any atom is -0.321 e. The second kappa shape index (κ2) is 8.41. The van der Waals surface area contributed by atoms with Gasteiger partial charge in [0.2, 0.25) is 0 Å². The van der Waals surface area contributed by atoms with E-state index in [1.807, 2.05) is 23.6 Å². The normalized spacial score (nSPS) is 11.1. The molecule has 2 heterocycles. The SMILES string of the molecule is CCc1cccc(CC)c1NC(=O)c1cc(-c2cccs2)nc2c(C)cc(C)cc12. The van der Waals surface area contributed by atoms with Gasteiger partial charge in [0.15, 0.2) is 0 Å². The molecule has 4 rings (SSSR count). The maximum atomic E-state index is 13.6. The van der Waals surface area contributed by atoms with E-state index in [2.05, 4.69) is 63.3 Å². The number of rotatable bonds is 5. The van der Waals surface area contributed by atoms with Crippen LogP contribution in [0.15, 0.2) is 53.9 Å².